The van der Waals surface area contributed by atoms with E-state index in [2.05, 4.69) is 198 Å². The Labute approximate surface area is 378 Å². The molecule has 0 radical (unpaired) electrons. The number of rotatable bonds is 6. The van der Waals surface area contributed by atoms with E-state index in [0.29, 0.717) is 11.4 Å². The lowest BCUT2D eigenvalue weighted by Crippen LogP contribution is -1.97. The van der Waals surface area contributed by atoms with Gasteiger partial charge in [-0.05, 0) is 85.6 Å². The Bertz CT molecular complexity index is 3630. The molecule has 312 valence electrons. The summed E-state index contributed by atoms with van der Waals surface area (Å²) in [6.07, 6.45) is 7.33. The van der Waals surface area contributed by atoms with E-state index in [1.807, 2.05) is 44.2 Å². The van der Waals surface area contributed by atoms with Gasteiger partial charge in [0, 0.05) is 49.4 Å². The van der Waals surface area contributed by atoms with Gasteiger partial charge in [0.25, 0.3) is 0 Å². The third-order valence-corrected chi connectivity index (χ3v) is 11.6. The van der Waals surface area contributed by atoms with Gasteiger partial charge in [-0.2, -0.15) is 0 Å². The van der Waals surface area contributed by atoms with Crippen molar-refractivity contribution in [3.05, 3.63) is 232 Å². The quantitative estimate of drug-likeness (QED) is 0.124. The van der Waals surface area contributed by atoms with Crippen LogP contribution in [-0.2, 0) is 0 Å². The summed E-state index contributed by atoms with van der Waals surface area (Å²) in [5.74, 6) is 0.644. The summed E-state index contributed by atoms with van der Waals surface area (Å²) in [6, 6.07) is 68.4. The number of allylic oxidation sites excluding steroid dienone is 4. The monoisotopic (exact) mass is 838 g/mol. The third-order valence-electron chi connectivity index (χ3n) is 11.6. The Morgan fingerprint density at radius 2 is 0.908 bits per heavy atom. The highest BCUT2D eigenvalue weighted by molar-refractivity contribution is 6.11. The maximum atomic E-state index is 6.64. The van der Waals surface area contributed by atoms with E-state index in [4.69, 9.17) is 14.4 Å². The Hall–Kier alpha value is -8.54. The van der Waals surface area contributed by atoms with Crippen LogP contribution in [-0.4, -0.2) is 19.1 Å². The van der Waals surface area contributed by atoms with E-state index in [1.54, 1.807) is 12.2 Å². The molecule has 0 amide bonds. The van der Waals surface area contributed by atoms with Crippen molar-refractivity contribution in [3.63, 3.8) is 0 Å². The second kappa shape index (κ2) is 17.7. The summed E-state index contributed by atoms with van der Waals surface area (Å²) in [4.78, 5) is 10.5. The van der Waals surface area contributed by atoms with E-state index >= 15 is 0 Å². The maximum absolute atomic E-state index is 6.64. The number of hydrogen-bond acceptors (Lipinski definition) is 3. The second-order valence-corrected chi connectivity index (χ2v) is 15.8. The van der Waals surface area contributed by atoms with Gasteiger partial charge in [-0.1, -0.05) is 164 Å². The first-order valence-corrected chi connectivity index (χ1v) is 21.9. The minimum Gasteiger partial charge on any atom is -0.452 e. The molecule has 4 aromatic heterocycles. The first-order chi connectivity index (χ1) is 32.1. The molecule has 4 heterocycles. The Kier molecular flexibility index (Phi) is 11.0. The molecule has 0 bridgehead atoms. The Morgan fingerprint density at radius 1 is 0.446 bits per heavy atom. The highest BCUT2D eigenvalue weighted by Crippen LogP contribution is 2.39. The average molecular weight is 839 g/mol. The van der Waals surface area contributed by atoms with Crippen LogP contribution in [0.4, 0.5) is 0 Å². The molecule has 5 nitrogen and oxygen atoms in total. The summed E-state index contributed by atoms with van der Waals surface area (Å²) in [7, 11) is 0. The predicted octanol–water partition coefficient (Wildman–Crippen LogP) is 16.5. The van der Waals surface area contributed by atoms with Gasteiger partial charge in [-0.25, -0.2) is 9.97 Å². The van der Waals surface area contributed by atoms with Gasteiger partial charge < -0.3 is 13.6 Å². The number of furan rings is 1. The molecular weight excluding hydrogens is 793 g/mol. The van der Waals surface area contributed by atoms with Crippen molar-refractivity contribution in [1.29, 1.82) is 0 Å². The number of fused-ring (bicyclic) bond motifs is 9. The number of para-hydroxylation sites is 4. The second-order valence-electron chi connectivity index (χ2n) is 15.8. The molecule has 0 aliphatic carbocycles. The van der Waals surface area contributed by atoms with Crippen LogP contribution in [0.15, 0.2) is 236 Å². The molecule has 8 aromatic carbocycles. The van der Waals surface area contributed by atoms with Gasteiger partial charge >= 0.3 is 0 Å². The molecule has 0 fully saturated rings. The Balaban J connectivity index is 0.000000578. The fourth-order valence-electron chi connectivity index (χ4n) is 8.89. The van der Waals surface area contributed by atoms with E-state index in [9.17, 15) is 0 Å². The molecule has 0 saturated heterocycles. The lowest BCUT2D eigenvalue weighted by molar-refractivity contribution is 0.667. The molecule has 0 aliphatic rings. The minimum absolute atomic E-state index is 0.644. The lowest BCUT2D eigenvalue weighted by atomic mass is 10.0. The minimum atomic E-state index is 0.644. The number of nitrogens with zero attached hydrogens (tertiary/aromatic N) is 4. The molecule has 0 atom stereocenters. The standard InChI is InChI=1S/C52H32N4O.C5H8.C3H6/c1-2-14-33(15-3-1)49-51-50(54-52(53-49)36-17-13-19-38(31-36)56-46-26-10-6-22-41(46)42-23-7-11-27-47(42)56)43-32-35(28-29-48(43)57-51)34-16-12-18-37(30-34)55-44-24-8-4-20-39(44)40-21-5-9-25-45(40)55;1-3-5-4-2;1-3-2/h1-32H;3-5H,1H2,2H3;3H,1H2,2H3/b;5-4-;. The normalized spacial score (nSPS) is 11.3. The summed E-state index contributed by atoms with van der Waals surface area (Å²) in [5.41, 5.74) is 14.0. The smallest absolute Gasteiger partial charge is 0.180 e. The number of hydrogen-bond donors (Lipinski definition) is 0. The van der Waals surface area contributed by atoms with Gasteiger partial charge in [-0.3, -0.25) is 0 Å². The van der Waals surface area contributed by atoms with Crippen LogP contribution in [0.2, 0.25) is 0 Å². The average Bonchev–Trinajstić information content (AvgIpc) is 4.02. The van der Waals surface area contributed by atoms with Crippen LogP contribution in [0.25, 0.3) is 111 Å². The largest absolute Gasteiger partial charge is 0.452 e. The SMILES string of the molecule is C=C/C=C\C.C=CC.c1ccc(-c2nc(-c3cccc(-n4c5ccccc5c5ccccc54)c3)nc3c2oc2ccc(-c4cccc(-n5c6ccccc6c6ccccc65)c4)cc23)cc1. The van der Waals surface area contributed by atoms with Gasteiger partial charge in [0.2, 0.25) is 0 Å². The van der Waals surface area contributed by atoms with Crippen LogP contribution in [0.3, 0.4) is 0 Å². The van der Waals surface area contributed by atoms with Crippen molar-refractivity contribution in [2.45, 2.75) is 13.8 Å². The zero-order valence-electron chi connectivity index (χ0n) is 36.4. The summed E-state index contributed by atoms with van der Waals surface area (Å²) in [6.45, 7) is 10.7. The van der Waals surface area contributed by atoms with E-state index in [-0.39, 0.29) is 0 Å². The molecule has 0 N–H and O–H groups in total. The number of benzene rings is 8. The van der Waals surface area contributed by atoms with Crippen molar-refractivity contribution in [2.75, 3.05) is 0 Å². The van der Waals surface area contributed by atoms with Crippen molar-refractivity contribution < 1.29 is 4.42 Å². The fraction of sp³-hybridized carbons (Fsp3) is 0.0333. The zero-order chi connectivity index (χ0) is 44.3. The van der Waals surface area contributed by atoms with Crippen molar-refractivity contribution in [1.82, 2.24) is 19.1 Å². The highest BCUT2D eigenvalue weighted by Gasteiger charge is 2.20. The molecular formula is C60H46N4O. The summed E-state index contributed by atoms with van der Waals surface area (Å²) < 4.78 is 11.3. The van der Waals surface area contributed by atoms with Crippen LogP contribution in [0.5, 0.6) is 0 Å². The third kappa shape index (κ3) is 7.39. The van der Waals surface area contributed by atoms with Gasteiger partial charge in [0.05, 0.1) is 22.1 Å². The van der Waals surface area contributed by atoms with E-state index in [0.717, 1.165) is 66.8 Å². The zero-order valence-corrected chi connectivity index (χ0v) is 36.4. The van der Waals surface area contributed by atoms with Crippen molar-refractivity contribution >= 4 is 65.7 Å². The fourth-order valence-corrected chi connectivity index (χ4v) is 8.89. The summed E-state index contributed by atoms with van der Waals surface area (Å²) >= 11 is 0. The molecule has 0 unspecified atom stereocenters. The topological polar surface area (TPSA) is 48.8 Å². The van der Waals surface area contributed by atoms with Gasteiger partial charge in [-0.15, -0.1) is 6.58 Å². The molecule has 0 aliphatic heterocycles. The first-order valence-electron chi connectivity index (χ1n) is 21.9. The van der Waals surface area contributed by atoms with E-state index < -0.39 is 0 Å². The van der Waals surface area contributed by atoms with Crippen LogP contribution in [0, 0.1) is 0 Å². The van der Waals surface area contributed by atoms with Gasteiger partial charge in [0.15, 0.2) is 11.4 Å². The molecule has 12 aromatic rings. The molecule has 65 heavy (non-hydrogen) atoms. The van der Waals surface area contributed by atoms with E-state index in [1.165, 1.54) is 32.6 Å². The van der Waals surface area contributed by atoms with Crippen molar-refractivity contribution in [2.24, 2.45) is 0 Å². The molecule has 12 rings (SSSR count). The Morgan fingerprint density at radius 3 is 1.42 bits per heavy atom. The van der Waals surface area contributed by atoms with Crippen LogP contribution in [0.1, 0.15) is 13.8 Å². The number of aromatic nitrogens is 4. The predicted molar refractivity (Wildman–Crippen MR) is 275 cm³/mol. The van der Waals surface area contributed by atoms with Gasteiger partial charge in [0.1, 0.15) is 16.8 Å². The first kappa shape index (κ1) is 40.5. The molecule has 5 heteroatoms. The highest BCUT2D eigenvalue weighted by atomic mass is 16.3. The lowest BCUT2D eigenvalue weighted by Gasteiger charge is -2.11. The maximum Gasteiger partial charge on any atom is 0.180 e. The molecule has 0 saturated carbocycles. The van der Waals surface area contributed by atoms with Crippen molar-refractivity contribution in [3.8, 4) is 45.1 Å². The molecule has 0 spiro atoms. The van der Waals surface area contributed by atoms with Crippen LogP contribution >= 0.6 is 0 Å². The van der Waals surface area contributed by atoms with Crippen LogP contribution < -0.4 is 0 Å². The summed E-state index contributed by atoms with van der Waals surface area (Å²) in [5, 5.41) is 5.89.